The van der Waals surface area contributed by atoms with E-state index in [0.717, 1.165) is 10.6 Å². The van der Waals surface area contributed by atoms with Gasteiger partial charge in [-0.05, 0) is 85.9 Å². The molecular formula is C28H27Cl2N13O15S4. The number of Topliss-reactive ketones (excluding diaryl/α,β-unsaturated/α-hetero) is 1. The van der Waals surface area contributed by atoms with Crippen molar-refractivity contribution in [3.8, 4) is 5.88 Å². The van der Waals surface area contributed by atoms with E-state index in [-0.39, 0.29) is 70.5 Å². The van der Waals surface area contributed by atoms with Gasteiger partial charge in [0.05, 0.1) is 5.56 Å². The van der Waals surface area contributed by atoms with Crippen LogP contribution in [0.3, 0.4) is 0 Å². The Labute approximate surface area is 362 Å². The van der Waals surface area contributed by atoms with Crippen molar-refractivity contribution >= 4 is 123 Å². The number of benzene rings is 2. The predicted molar refractivity (Wildman–Crippen MR) is 215 cm³/mol. The molecule has 62 heavy (non-hydrogen) atoms. The van der Waals surface area contributed by atoms with Crippen molar-refractivity contribution in [3.63, 3.8) is 0 Å². The minimum atomic E-state index is -4.82. The maximum absolute atomic E-state index is 12.7. The van der Waals surface area contributed by atoms with Crippen LogP contribution in [0.2, 0.25) is 10.6 Å². The second-order valence-electron chi connectivity index (χ2n) is 10.7. The van der Waals surface area contributed by atoms with Crippen molar-refractivity contribution in [1.82, 2.24) is 34.5 Å². The zero-order valence-corrected chi connectivity index (χ0v) is 35.7. The van der Waals surface area contributed by atoms with Crippen molar-refractivity contribution in [2.24, 2.45) is 10.2 Å². The molecule has 0 amide bonds. The van der Waals surface area contributed by atoms with Gasteiger partial charge in [-0.25, -0.2) is 0 Å². The lowest BCUT2D eigenvalue weighted by atomic mass is 10.1. The van der Waals surface area contributed by atoms with Gasteiger partial charge in [0.25, 0.3) is 15.7 Å². The standard InChI is InChI=1S/C28H25Cl2N13O6S.3O3S.H2/c1-4-43-21(45)19(13(3)44)12(2)20(22(43)46)42-41-17-11-16(8-9-18(17)50(47,48)49)34-28-38-24(30)37-27(40-28)33-15-7-5-6-14(10-15)32-26-36-23(29)35-25(31)39-26;3*1-4(2)3;/h5-11,46H,4H2,1-3H3,(H,47,48,49)(H3,31,32,35,36,39)(H2,33,34,37,38,40);;;;1H. The summed E-state index contributed by atoms with van der Waals surface area (Å²) in [5.74, 6) is -1.17. The molecule has 0 atom stereocenters. The first-order chi connectivity index (χ1) is 28.8. The zero-order valence-electron chi connectivity index (χ0n) is 30.9. The number of nitrogens with zero attached hydrogens (tertiary/aromatic N) is 9. The highest BCUT2D eigenvalue weighted by molar-refractivity contribution is 7.86. The first-order valence-corrected chi connectivity index (χ1v) is 20.8. The number of rotatable bonds is 11. The lowest BCUT2D eigenvalue weighted by Gasteiger charge is -2.13. The number of nitrogens with one attached hydrogen (secondary N) is 3. The molecule has 332 valence electrons. The van der Waals surface area contributed by atoms with E-state index in [2.05, 4.69) is 56.1 Å². The Hall–Kier alpha value is -6.97. The molecule has 0 fully saturated rings. The predicted octanol–water partition coefficient (Wildman–Crippen LogP) is 2.47. The topological polar surface area (TPSA) is 431 Å². The Bertz CT molecular complexity index is 2970. The molecule has 34 heteroatoms. The second-order valence-corrected chi connectivity index (χ2v) is 14.0. The summed E-state index contributed by atoms with van der Waals surface area (Å²) in [7, 11) is -14.2. The monoisotopic (exact) mass is 983 g/mol. The van der Waals surface area contributed by atoms with Crippen molar-refractivity contribution < 1.29 is 62.2 Å². The number of aromatic hydroxyl groups is 1. The maximum Gasteiger partial charge on any atom is 0.425 e. The van der Waals surface area contributed by atoms with Crippen LogP contribution in [0.4, 0.5) is 52.2 Å². The van der Waals surface area contributed by atoms with Crippen LogP contribution in [0.5, 0.6) is 5.88 Å². The number of nitrogens with two attached hydrogens (primary N) is 1. The summed E-state index contributed by atoms with van der Waals surface area (Å²) >= 11 is 12.0. The molecule has 5 rings (SSSR count). The molecule has 0 aliphatic heterocycles. The Balaban J connectivity index is 0.00000136. The Morgan fingerprint density at radius 1 is 0.790 bits per heavy atom. The second kappa shape index (κ2) is 23.1. The fourth-order valence-corrected chi connectivity index (χ4v) is 5.50. The summed E-state index contributed by atoms with van der Waals surface area (Å²) in [6.45, 7) is 4.15. The van der Waals surface area contributed by atoms with Gasteiger partial charge >= 0.3 is 31.8 Å². The van der Waals surface area contributed by atoms with E-state index in [0.29, 0.717) is 11.4 Å². The number of hydrogen-bond acceptors (Lipinski definition) is 26. The van der Waals surface area contributed by atoms with E-state index < -0.39 is 64.1 Å². The summed E-state index contributed by atoms with van der Waals surface area (Å²) in [6, 6.07) is 10.3. The van der Waals surface area contributed by atoms with Crippen LogP contribution in [0.1, 0.15) is 31.2 Å². The molecular weight excluding hydrogens is 958 g/mol. The van der Waals surface area contributed by atoms with Gasteiger partial charge in [0.15, 0.2) is 5.78 Å². The van der Waals surface area contributed by atoms with Gasteiger partial charge in [-0.15, -0.1) is 48.1 Å². The van der Waals surface area contributed by atoms with Crippen LogP contribution in [0.25, 0.3) is 0 Å². The molecule has 28 nitrogen and oxygen atoms in total. The van der Waals surface area contributed by atoms with Gasteiger partial charge < -0.3 is 26.8 Å². The van der Waals surface area contributed by atoms with Crippen molar-refractivity contribution in [2.45, 2.75) is 32.2 Å². The summed E-state index contributed by atoms with van der Waals surface area (Å²) in [6.07, 6.45) is 0. The van der Waals surface area contributed by atoms with E-state index in [1.807, 2.05) is 0 Å². The number of aromatic nitrogens is 7. The molecule has 0 aliphatic carbocycles. The molecule has 7 N–H and O–H groups in total. The Morgan fingerprint density at radius 2 is 1.24 bits per heavy atom. The number of carbonyl (C=O) groups excluding carboxylic acids is 1. The van der Waals surface area contributed by atoms with E-state index in [9.17, 15) is 27.7 Å². The molecule has 0 spiro atoms. The normalized spacial score (nSPS) is 10.4. The number of halogens is 2. The third-order valence-electron chi connectivity index (χ3n) is 6.68. The molecule has 5 aromatic rings. The minimum absolute atomic E-state index is 0. The summed E-state index contributed by atoms with van der Waals surface area (Å²) in [5.41, 5.74) is 5.31. The average Bonchev–Trinajstić information content (AvgIpc) is 3.10. The fraction of sp³-hybridized carbons (Fsp3) is 0.143. The number of nitrogen functional groups attached to an aromatic ring is 1. The highest BCUT2D eigenvalue weighted by Crippen LogP contribution is 2.35. The maximum atomic E-state index is 12.7. The third kappa shape index (κ3) is 16.6. The summed E-state index contributed by atoms with van der Waals surface area (Å²) in [5, 5.41) is 27.1. The molecule has 0 unspecified atom stereocenters. The van der Waals surface area contributed by atoms with Gasteiger partial charge in [0, 0.05) is 25.0 Å². The molecule has 0 saturated heterocycles. The van der Waals surface area contributed by atoms with E-state index in [1.165, 1.54) is 26.0 Å². The van der Waals surface area contributed by atoms with Crippen molar-refractivity contribution in [1.29, 1.82) is 0 Å². The summed E-state index contributed by atoms with van der Waals surface area (Å²) < 4.78 is 111. The number of ketones is 1. The van der Waals surface area contributed by atoms with Crippen LogP contribution in [0, 0.1) is 6.92 Å². The first kappa shape index (κ1) is 51.2. The highest BCUT2D eigenvalue weighted by atomic mass is 35.5. The molecule has 3 heterocycles. The van der Waals surface area contributed by atoms with Crippen LogP contribution in [-0.4, -0.2) is 96.2 Å². The third-order valence-corrected chi connectivity index (χ3v) is 7.92. The summed E-state index contributed by atoms with van der Waals surface area (Å²) in [4.78, 5) is 48.4. The van der Waals surface area contributed by atoms with E-state index in [1.54, 1.807) is 31.2 Å². The van der Waals surface area contributed by atoms with Crippen LogP contribution in [0.15, 0.2) is 62.4 Å². The smallest absolute Gasteiger partial charge is 0.425 e. The first-order valence-electron chi connectivity index (χ1n) is 15.6. The van der Waals surface area contributed by atoms with Gasteiger partial charge in [-0.3, -0.25) is 18.7 Å². The number of azo groups is 1. The SMILES string of the molecule is CCn1c(O)c(N=Nc2cc(Nc3nc(Cl)nc(Nc4cccc(Nc5nc(N)nc(Cl)n5)c4)n3)ccc2S(=O)(=O)O)c(C)c(C(C)=O)c1=O.O=S(=O)=O.O=S(=O)=O.O=S(=O)=O.[HH]. The van der Waals surface area contributed by atoms with Gasteiger partial charge in [0.1, 0.15) is 16.3 Å². The van der Waals surface area contributed by atoms with Crippen LogP contribution < -0.4 is 27.2 Å². The minimum Gasteiger partial charge on any atom is -0.493 e. The average molecular weight is 985 g/mol. The van der Waals surface area contributed by atoms with Gasteiger partial charge in [-0.1, -0.05) is 6.07 Å². The van der Waals surface area contributed by atoms with E-state index in [4.69, 9.17) is 66.8 Å². The van der Waals surface area contributed by atoms with Crippen molar-refractivity contribution in [2.75, 3.05) is 21.7 Å². The van der Waals surface area contributed by atoms with Gasteiger partial charge in [0.2, 0.25) is 40.2 Å². The number of pyridine rings is 1. The molecule has 0 saturated carbocycles. The molecule has 0 bridgehead atoms. The number of hydrogen-bond donors (Lipinski definition) is 6. The van der Waals surface area contributed by atoms with Crippen LogP contribution in [-0.2, 0) is 48.5 Å². The Morgan fingerprint density at radius 3 is 1.68 bits per heavy atom. The largest absolute Gasteiger partial charge is 0.493 e. The Kier molecular flexibility index (Phi) is 19.1. The molecule has 2 aromatic carbocycles. The lowest BCUT2D eigenvalue weighted by molar-refractivity contribution is 0.101. The van der Waals surface area contributed by atoms with Crippen molar-refractivity contribution in [3.05, 3.63) is 74.5 Å². The van der Waals surface area contributed by atoms with Crippen LogP contribution >= 0.6 is 23.2 Å². The molecule has 3 aromatic heterocycles. The molecule has 0 radical (unpaired) electrons. The number of anilines is 7. The van der Waals surface area contributed by atoms with Gasteiger partial charge in [-0.2, -0.15) is 38.3 Å². The van der Waals surface area contributed by atoms with E-state index >= 15 is 0 Å². The molecule has 0 aliphatic rings. The fourth-order valence-electron chi connectivity index (χ4n) is 4.57. The quantitative estimate of drug-likeness (QED) is 0.0629. The number of carbonyl (C=O) groups is 1. The zero-order chi connectivity index (χ0) is 47.1. The lowest BCUT2D eigenvalue weighted by Crippen LogP contribution is -2.26. The highest BCUT2D eigenvalue weighted by Gasteiger charge is 2.22.